The van der Waals surface area contributed by atoms with Gasteiger partial charge in [0.1, 0.15) is 0 Å². The first kappa shape index (κ1) is 14.6. The third-order valence-corrected chi connectivity index (χ3v) is 3.73. The van der Waals surface area contributed by atoms with E-state index in [0.29, 0.717) is 11.6 Å². The fraction of sp³-hybridized carbons (Fsp3) is 0.500. The Morgan fingerprint density at radius 2 is 1.75 bits per heavy atom. The highest BCUT2D eigenvalue weighted by atomic mass is 16.2. The molecule has 0 saturated heterocycles. The van der Waals surface area contributed by atoms with Crippen molar-refractivity contribution in [3.8, 4) is 0 Å². The zero-order valence-electron chi connectivity index (χ0n) is 12.1. The molecule has 1 aliphatic rings. The van der Waals surface area contributed by atoms with Gasteiger partial charge in [-0.2, -0.15) is 0 Å². The Hall–Kier alpha value is -1.84. The van der Waals surface area contributed by atoms with E-state index in [-0.39, 0.29) is 6.04 Å². The molecule has 0 radical (unpaired) electrons. The molecule has 0 atom stereocenters. The van der Waals surface area contributed by atoms with E-state index in [2.05, 4.69) is 24.5 Å². The quantitative estimate of drug-likeness (QED) is 0.833. The highest BCUT2D eigenvalue weighted by molar-refractivity contribution is 6.39. The molecular formula is C16H22N2O2. The zero-order valence-corrected chi connectivity index (χ0v) is 12.1. The van der Waals surface area contributed by atoms with Gasteiger partial charge in [0.2, 0.25) is 0 Å². The molecule has 2 N–H and O–H groups in total. The van der Waals surface area contributed by atoms with Crippen LogP contribution in [0.5, 0.6) is 0 Å². The fourth-order valence-electron chi connectivity index (χ4n) is 2.61. The first-order valence-corrected chi connectivity index (χ1v) is 7.28. The maximum Gasteiger partial charge on any atom is 0.313 e. The lowest BCUT2D eigenvalue weighted by Gasteiger charge is -2.15. The van der Waals surface area contributed by atoms with E-state index >= 15 is 0 Å². The molecule has 0 spiro atoms. The van der Waals surface area contributed by atoms with Crippen molar-refractivity contribution in [2.75, 3.05) is 5.32 Å². The van der Waals surface area contributed by atoms with Crippen LogP contribution in [-0.4, -0.2) is 17.9 Å². The second-order valence-corrected chi connectivity index (χ2v) is 5.65. The summed E-state index contributed by atoms with van der Waals surface area (Å²) in [6, 6.07) is 7.75. The van der Waals surface area contributed by atoms with E-state index < -0.39 is 11.8 Å². The van der Waals surface area contributed by atoms with Crippen LogP contribution in [0.25, 0.3) is 0 Å². The van der Waals surface area contributed by atoms with Crippen LogP contribution >= 0.6 is 0 Å². The molecule has 2 amide bonds. The molecule has 0 bridgehead atoms. The Bertz CT molecular complexity index is 491. The van der Waals surface area contributed by atoms with Gasteiger partial charge < -0.3 is 10.6 Å². The number of carbonyl (C=O) groups is 2. The molecule has 1 saturated carbocycles. The maximum absolute atomic E-state index is 12.0. The number of benzene rings is 1. The molecule has 20 heavy (non-hydrogen) atoms. The minimum Gasteiger partial charge on any atom is -0.345 e. The SMILES string of the molecule is CC(C)c1ccccc1NC(=O)C(=O)NC1CCCC1. The van der Waals surface area contributed by atoms with E-state index in [9.17, 15) is 9.59 Å². The van der Waals surface area contributed by atoms with Crippen molar-refractivity contribution in [3.05, 3.63) is 29.8 Å². The van der Waals surface area contributed by atoms with Gasteiger partial charge in [0.15, 0.2) is 0 Å². The zero-order chi connectivity index (χ0) is 14.5. The molecule has 4 nitrogen and oxygen atoms in total. The van der Waals surface area contributed by atoms with E-state index in [1.54, 1.807) is 0 Å². The minimum absolute atomic E-state index is 0.161. The topological polar surface area (TPSA) is 58.2 Å². The van der Waals surface area contributed by atoms with E-state index in [4.69, 9.17) is 0 Å². The van der Waals surface area contributed by atoms with Crippen LogP contribution < -0.4 is 10.6 Å². The van der Waals surface area contributed by atoms with Gasteiger partial charge in [-0.3, -0.25) is 9.59 Å². The summed E-state index contributed by atoms with van der Waals surface area (Å²) in [7, 11) is 0. The van der Waals surface area contributed by atoms with Gasteiger partial charge in [-0.15, -0.1) is 0 Å². The minimum atomic E-state index is -0.579. The second kappa shape index (κ2) is 6.55. The summed E-state index contributed by atoms with van der Waals surface area (Å²) in [6.45, 7) is 4.12. The van der Waals surface area contributed by atoms with Gasteiger partial charge in [0.25, 0.3) is 0 Å². The molecule has 0 aliphatic heterocycles. The third-order valence-electron chi connectivity index (χ3n) is 3.73. The van der Waals surface area contributed by atoms with E-state index in [0.717, 1.165) is 31.2 Å². The van der Waals surface area contributed by atoms with Gasteiger partial charge >= 0.3 is 11.8 Å². The molecule has 2 rings (SSSR count). The molecule has 1 aliphatic carbocycles. The number of anilines is 1. The summed E-state index contributed by atoms with van der Waals surface area (Å²) in [6.07, 6.45) is 4.20. The van der Waals surface area contributed by atoms with E-state index in [1.807, 2.05) is 24.3 Å². The molecule has 4 heteroatoms. The lowest BCUT2D eigenvalue weighted by molar-refractivity contribution is -0.136. The van der Waals surface area contributed by atoms with Gasteiger partial charge in [-0.25, -0.2) is 0 Å². The predicted molar refractivity (Wildman–Crippen MR) is 79.6 cm³/mol. The number of para-hydroxylation sites is 1. The van der Waals surface area contributed by atoms with Crippen molar-refractivity contribution < 1.29 is 9.59 Å². The molecule has 0 aromatic heterocycles. The largest absolute Gasteiger partial charge is 0.345 e. The Kier molecular flexibility index (Phi) is 4.77. The van der Waals surface area contributed by atoms with E-state index in [1.165, 1.54) is 0 Å². The number of hydrogen-bond acceptors (Lipinski definition) is 2. The molecule has 1 fully saturated rings. The van der Waals surface area contributed by atoms with Crippen LogP contribution in [0.2, 0.25) is 0 Å². The smallest absolute Gasteiger partial charge is 0.313 e. The van der Waals surface area contributed by atoms with Crippen molar-refractivity contribution >= 4 is 17.5 Å². The number of nitrogens with one attached hydrogen (secondary N) is 2. The van der Waals surface area contributed by atoms with Crippen LogP contribution in [-0.2, 0) is 9.59 Å². The summed E-state index contributed by atoms with van der Waals surface area (Å²) in [4.78, 5) is 23.8. The lowest BCUT2D eigenvalue weighted by atomic mass is 10.0. The number of amides is 2. The van der Waals surface area contributed by atoms with Crippen LogP contribution in [0, 0.1) is 0 Å². The van der Waals surface area contributed by atoms with Gasteiger partial charge in [0, 0.05) is 11.7 Å². The van der Waals surface area contributed by atoms with Crippen molar-refractivity contribution in [2.24, 2.45) is 0 Å². The van der Waals surface area contributed by atoms with Crippen LogP contribution in [0.4, 0.5) is 5.69 Å². The van der Waals surface area contributed by atoms with Crippen molar-refractivity contribution in [1.29, 1.82) is 0 Å². The fourth-order valence-corrected chi connectivity index (χ4v) is 2.61. The first-order valence-electron chi connectivity index (χ1n) is 7.28. The standard InChI is InChI=1S/C16H22N2O2/c1-11(2)13-9-5-6-10-14(13)18-16(20)15(19)17-12-7-3-4-8-12/h5-6,9-12H,3-4,7-8H2,1-2H3,(H,17,19)(H,18,20). The van der Waals surface area contributed by atoms with Gasteiger partial charge in [-0.05, 0) is 30.4 Å². The number of rotatable bonds is 3. The summed E-state index contributed by atoms with van der Waals surface area (Å²) in [5.74, 6) is -0.815. The Balaban J connectivity index is 1.98. The monoisotopic (exact) mass is 274 g/mol. The molecule has 0 unspecified atom stereocenters. The highest BCUT2D eigenvalue weighted by Crippen LogP contribution is 2.23. The number of hydrogen-bond donors (Lipinski definition) is 2. The van der Waals surface area contributed by atoms with Crippen LogP contribution in [0.3, 0.4) is 0 Å². The van der Waals surface area contributed by atoms with Crippen LogP contribution in [0.15, 0.2) is 24.3 Å². The maximum atomic E-state index is 12.0. The Labute approximate surface area is 119 Å². The lowest BCUT2D eigenvalue weighted by Crippen LogP contribution is -2.40. The molecule has 108 valence electrons. The van der Waals surface area contributed by atoms with Crippen molar-refractivity contribution in [1.82, 2.24) is 5.32 Å². The van der Waals surface area contributed by atoms with Crippen LogP contribution in [0.1, 0.15) is 51.0 Å². The molecule has 0 heterocycles. The van der Waals surface area contributed by atoms with Gasteiger partial charge in [-0.1, -0.05) is 44.9 Å². The normalized spacial score (nSPS) is 15.3. The Morgan fingerprint density at radius 1 is 1.10 bits per heavy atom. The Morgan fingerprint density at radius 3 is 2.40 bits per heavy atom. The van der Waals surface area contributed by atoms with Crippen molar-refractivity contribution in [2.45, 2.75) is 51.5 Å². The summed E-state index contributed by atoms with van der Waals surface area (Å²) in [5.41, 5.74) is 1.75. The average Bonchev–Trinajstić information content (AvgIpc) is 2.91. The highest BCUT2D eigenvalue weighted by Gasteiger charge is 2.22. The molecular weight excluding hydrogens is 252 g/mol. The summed E-state index contributed by atoms with van der Waals surface area (Å²) in [5, 5.41) is 5.51. The van der Waals surface area contributed by atoms with Crippen molar-refractivity contribution in [3.63, 3.8) is 0 Å². The summed E-state index contributed by atoms with van der Waals surface area (Å²) >= 11 is 0. The second-order valence-electron chi connectivity index (χ2n) is 5.65. The first-order chi connectivity index (χ1) is 9.58. The van der Waals surface area contributed by atoms with Gasteiger partial charge in [0.05, 0.1) is 0 Å². The third kappa shape index (κ3) is 3.59. The number of carbonyl (C=O) groups excluding carboxylic acids is 2. The summed E-state index contributed by atoms with van der Waals surface area (Å²) < 4.78 is 0. The predicted octanol–water partition coefficient (Wildman–Crippen LogP) is 2.81. The molecule has 1 aromatic rings. The average molecular weight is 274 g/mol. The molecule has 1 aromatic carbocycles.